The highest BCUT2D eigenvalue weighted by Gasteiger charge is 2.25. The summed E-state index contributed by atoms with van der Waals surface area (Å²) in [5.41, 5.74) is 2.59. The molecule has 134 valence electrons. The van der Waals surface area contributed by atoms with Crippen molar-refractivity contribution >= 4 is 10.0 Å². The average Bonchev–Trinajstić information content (AvgIpc) is 2.67. The summed E-state index contributed by atoms with van der Waals surface area (Å²) in [6.07, 6.45) is 0. The molecule has 0 aromatic heterocycles. The van der Waals surface area contributed by atoms with Gasteiger partial charge in [0.2, 0.25) is 10.0 Å². The van der Waals surface area contributed by atoms with E-state index in [-0.39, 0.29) is 4.90 Å². The third kappa shape index (κ3) is 3.95. The topological polar surface area (TPSA) is 55.4 Å². The van der Waals surface area contributed by atoms with Crippen molar-refractivity contribution in [3.05, 3.63) is 95.6 Å². The molecular weight excluding hydrogens is 346 g/mol. The number of ether oxygens (including phenoxy) is 1. The van der Waals surface area contributed by atoms with Crippen LogP contribution in [0.1, 0.15) is 22.7 Å². The highest BCUT2D eigenvalue weighted by Crippen LogP contribution is 2.29. The Morgan fingerprint density at radius 3 is 1.88 bits per heavy atom. The zero-order chi connectivity index (χ0) is 18.6. The fourth-order valence-electron chi connectivity index (χ4n) is 2.83. The molecule has 0 fully saturated rings. The quantitative estimate of drug-likeness (QED) is 0.714. The minimum absolute atomic E-state index is 0.136. The Bertz CT molecular complexity index is 931. The second-order valence-corrected chi connectivity index (χ2v) is 7.71. The number of methoxy groups -OCH3 is 1. The van der Waals surface area contributed by atoms with Gasteiger partial charge in [0.1, 0.15) is 10.6 Å². The Labute approximate surface area is 154 Å². The van der Waals surface area contributed by atoms with Gasteiger partial charge in [-0.15, -0.1) is 0 Å². The molecule has 0 amide bonds. The first kappa shape index (κ1) is 18.2. The van der Waals surface area contributed by atoms with E-state index in [4.69, 9.17) is 4.74 Å². The van der Waals surface area contributed by atoms with Crippen LogP contribution in [0.15, 0.2) is 83.8 Å². The molecule has 26 heavy (non-hydrogen) atoms. The number of nitrogens with one attached hydrogen (secondary N) is 1. The zero-order valence-corrected chi connectivity index (χ0v) is 15.5. The minimum Gasteiger partial charge on any atom is -0.495 e. The summed E-state index contributed by atoms with van der Waals surface area (Å²) < 4.78 is 34.4. The van der Waals surface area contributed by atoms with Crippen LogP contribution in [0.5, 0.6) is 5.75 Å². The standard InChI is InChI=1S/C21H21NO3S/c1-16-13-14-19(25-2)20(15-16)26(23,24)22-21(17-9-5-3-6-10-17)18-11-7-4-8-12-18/h3-15,21-22H,1-2H3. The van der Waals surface area contributed by atoms with E-state index in [1.54, 1.807) is 12.1 Å². The number of hydrogen-bond acceptors (Lipinski definition) is 3. The SMILES string of the molecule is COc1ccc(C)cc1S(=O)(=O)NC(c1ccccc1)c1ccccc1. The van der Waals surface area contributed by atoms with E-state index < -0.39 is 16.1 Å². The van der Waals surface area contributed by atoms with Crippen LogP contribution in [0.4, 0.5) is 0 Å². The summed E-state index contributed by atoms with van der Waals surface area (Å²) in [5.74, 6) is 0.322. The zero-order valence-electron chi connectivity index (χ0n) is 14.7. The van der Waals surface area contributed by atoms with Crippen molar-refractivity contribution in [3.8, 4) is 5.75 Å². The van der Waals surface area contributed by atoms with Crippen molar-refractivity contribution in [2.75, 3.05) is 7.11 Å². The number of aryl methyl sites for hydroxylation is 1. The van der Waals surface area contributed by atoms with E-state index in [0.717, 1.165) is 16.7 Å². The molecular formula is C21H21NO3S. The Hall–Kier alpha value is -2.63. The first-order chi connectivity index (χ1) is 12.5. The molecule has 0 spiro atoms. The molecule has 4 nitrogen and oxygen atoms in total. The van der Waals surface area contributed by atoms with Gasteiger partial charge in [-0.3, -0.25) is 0 Å². The summed E-state index contributed by atoms with van der Waals surface area (Å²) in [5, 5.41) is 0. The van der Waals surface area contributed by atoms with Crippen molar-refractivity contribution in [1.29, 1.82) is 0 Å². The summed E-state index contributed by atoms with van der Waals surface area (Å²) in [7, 11) is -2.33. The van der Waals surface area contributed by atoms with Crippen LogP contribution in [-0.4, -0.2) is 15.5 Å². The fourth-order valence-corrected chi connectivity index (χ4v) is 4.30. The van der Waals surface area contributed by atoms with Crippen LogP contribution in [0.25, 0.3) is 0 Å². The molecule has 5 heteroatoms. The maximum Gasteiger partial charge on any atom is 0.245 e. The largest absolute Gasteiger partial charge is 0.495 e. The smallest absolute Gasteiger partial charge is 0.245 e. The van der Waals surface area contributed by atoms with Crippen LogP contribution in [0, 0.1) is 6.92 Å². The van der Waals surface area contributed by atoms with Gasteiger partial charge in [0.05, 0.1) is 13.2 Å². The van der Waals surface area contributed by atoms with Crippen LogP contribution in [0.3, 0.4) is 0 Å². The number of rotatable bonds is 6. The Balaban J connectivity index is 2.06. The van der Waals surface area contributed by atoms with Crippen molar-refractivity contribution < 1.29 is 13.2 Å². The van der Waals surface area contributed by atoms with Gasteiger partial charge >= 0.3 is 0 Å². The maximum atomic E-state index is 13.1. The van der Waals surface area contributed by atoms with E-state index in [2.05, 4.69) is 4.72 Å². The molecule has 0 saturated heterocycles. The summed E-state index contributed by atoms with van der Waals surface area (Å²) >= 11 is 0. The molecule has 0 radical (unpaired) electrons. The fraction of sp³-hybridized carbons (Fsp3) is 0.143. The predicted octanol–water partition coefficient (Wildman–Crippen LogP) is 4.07. The van der Waals surface area contributed by atoms with E-state index in [9.17, 15) is 8.42 Å². The molecule has 1 N–H and O–H groups in total. The number of hydrogen-bond donors (Lipinski definition) is 1. The van der Waals surface area contributed by atoms with Gasteiger partial charge in [0, 0.05) is 0 Å². The monoisotopic (exact) mass is 367 g/mol. The number of sulfonamides is 1. The van der Waals surface area contributed by atoms with E-state index >= 15 is 0 Å². The normalized spacial score (nSPS) is 11.5. The molecule has 0 aliphatic heterocycles. The van der Waals surface area contributed by atoms with Gasteiger partial charge in [-0.05, 0) is 35.7 Å². The molecule has 0 atom stereocenters. The number of benzene rings is 3. The Kier molecular flexibility index (Phi) is 5.40. The van der Waals surface area contributed by atoms with Gasteiger partial charge < -0.3 is 4.74 Å². The van der Waals surface area contributed by atoms with Crippen molar-refractivity contribution in [2.24, 2.45) is 0 Å². The molecule has 0 saturated carbocycles. The third-order valence-corrected chi connectivity index (χ3v) is 5.59. The molecule has 0 heterocycles. The molecule has 0 unspecified atom stereocenters. The van der Waals surface area contributed by atoms with Crippen LogP contribution in [0.2, 0.25) is 0 Å². The van der Waals surface area contributed by atoms with Crippen LogP contribution >= 0.6 is 0 Å². The van der Waals surface area contributed by atoms with E-state index in [1.807, 2.05) is 73.7 Å². The average molecular weight is 367 g/mol. The second-order valence-electron chi connectivity index (χ2n) is 6.03. The molecule has 0 aliphatic rings. The molecule has 0 bridgehead atoms. The lowest BCUT2D eigenvalue weighted by molar-refractivity contribution is 0.402. The third-order valence-electron chi connectivity index (χ3n) is 4.15. The van der Waals surface area contributed by atoms with Gasteiger partial charge in [0.25, 0.3) is 0 Å². The van der Waals surface area contributed by atoms with Gasteiger partial charge in [0.15, 0.2) is 0 Å². The Morgan fingerprint density at radius 1 is 0.846 bits per heavy atom. The van der Waals surface area contributed by atoms with Gasteiger partial charge in [-0.1, -0.05) is 66.7 Å². The Morgan fingerprint density at radius 2 is 1.38 bits per heavy atom. The van der Waals surface area contributed by atoms with Gasteiger partial charge in [-0.25, -0.2) is 8.42 Å². The van der Waals surface area contributed by atoms with Crippen molar-refractivity contribution in [3.63, 3.8) is 0 Å². The second kappa shape index (κ2) is 7.72. The van der Waals surface area contributed by atoms with Gasteiger partial charge in [-0.2, -0.15) is 4.72 Å². The minimum atomic E-state index is -3.80. The summed E-state index contributed by atoms with van der Waals surface area (Å²) in [4.78, 5) is 0.136. The maximum absolute atomic E-state index is 13.1. The van der Waals surface area contributed by atoms with Crippen LogP contribution in [-0.2, 0) is 10.0 Å². The van der Waals surface area contributed by atoms with Crippen molar-refractivity contribution in [2.45, 2.75) is 17.9 Å². The lowest BCUT2D eigenvalue weighted by Crippen LogP contribution is -2.29. The first-order valence-corrected chi connectivity index (χ1v) is 9.76. The summed E-state index contributed by atoms with van der Waals surface area (Å²) in [6.45, 7) is 1.85. The van der Waals surface area contributed by atoms with Crippen molar-refractivity contribution in [1.82, 2.24) is 4.72 Å². The molecule has 3 rings (SSSR count). The lowest BCUT2D eigenvalue weighted by Gasteiger charge is -2.21. The first-order valence-electron chi connectivity index (χ1n) is 8.28. The van der Waals surface area contributed by atoms with E-state index in [0.29, 0.717) is 5.75 Å². The lowest BCUT2D eigenvalue weighted by atomic mass is 10.00. The predicted molar refractivity (Wildman–Crippen MR) is 103 cm³/mol. The molecule has 3 aromatic rings. The highest BCUT2D eigenvalue weighted by atomic mass is 32.2. The van der Waals surface area contributed by atoms with Crippen LogP contribution < -0.4 is 9.46 Å². The summed E-state index contributed by atoms with van der Waals surface area (Å²) in [6, 6.07) is 23.7. The highest BCUT2D eigenvalue weighted by molar-refractivity contribution is 7.89. The van der Waals surface area contributed by atoms with E-state index in [1.165, 1.54) is 7.11 Å². The molecule has 3 aromatic carbocycles. The molecule has 0 aliphatic carbocycles.